The third-order valence-electron chi connectivity index (χ3n) is 5.07. The minimum atomic E-state index is -0.398. The van der Waals surface area contributed by atoms with Gasteiger partial charge in [0.15, 0.2) is 0 Å². The summed E-state index contributed by atoms with van der Waals surface area (Å²) in [4.78, 5) is 14.0. The molecule has 0 fully saturated rings. The van der Waals surface area contributed by atoms with Crippen molar-refractivity contribution in [3.8, 4) is 5.75 Å². The lowest BCUT2D eigenvalue weighted by atomic mass is 9.95. The Labute approximate surface area is 168 Å². The fourth-order valence-electron chi connectivity index (χ4n) is 3.73. The predicted molar refractivity (Wildman–Crippen MR) is 115 cm³/mol. The number of nitro benzene ring substituents is 1. The van der Waals surface area contributed by atoms with E-state index in [1.165, 1.54) is 12.1 Å². The van der Waals surface area contributed by atoms with Gasteiger partial charge in [0.1, 0.15) is 5.75 Å². The quantitative estimate of drug-likeness (QED) is 0.334. The zero-order valence-electron chi connectivity index (χ0n) is 16.2. The molecule has 1 aromatic heterocycles. The summed E-state index contributed by atoms with van der Waals surface area (Å²) in [6.45, 7) is 2.05. The maximum Gasteiger partial charge on any atom is 0.269 e. The Hall–Kier alpha value is -3.80. The molecule has 2 N–H and O–H groups in total. The Morgan fingerprint density at radius 3 is 2.41 bits per heavy atom. The summed E-state index contributed by atoms with van der Waals surface area (Å²) in [5, 5.41) is 15.7. The van der Waals surface area contributed by atoms with Gasteiger partial charge < -0.3 is 15.0 Å². The molecule has 0 radical (unpaired) electrons. The number of ether oxygens (including phenoxy) is 1. The van der Waals surface area contributed by atoms with E-state index in [-0.39, 0.29) is 11.7 Å². The molecule has 0 aliphatic heterocycles. The molecule has 0 unspecified atom stereocenters. The van der Waals surface area contributed by atoms with Crippen LogP contribution in [0.3, 0.4) is 0 Å². The van der Waals surface area contributed by atoms with Gasteiger partial charge in [-0.2, -0.15) is 0 Å². The molecule has 4 aromatic rings. The Bertz CT molecular complexity index is 1170. The van der Waals surface area contributed by atoms with E-state index in [0.717, 1.165) is 39.2 Å². The second kappa shape index (κ2) is 7.67. The largest absolute Gasteiger partial charge is 0.496 e. The van der Waals surface area contributed by atoms with Crippen molar-refractivity contribution in [3.63, 3.8) is 0 Å². The van der Waals surface area contributed by atoms with E-state index in [1.54, 1.807) is 19.2 Å². The number of methoxy groups -OCH3 is 1. The van der Waals surface area contributed by atoms with Crippen molar-refractivity contribution in [2.75, 3.05) is 12.4 Å². The minimum absolute atomic E-state index is 0.0627. The van der Waals surface area contributed by atoms with Crippen molar-refractivity contribution < 1.29 is 9.66 Å². The van der Waals surface area contributed by atoms with E-state index < -0.39 is 4.92 Å². The number of nitrogens with one attached hydrogen (secondary N) is 2. The highest BCUT2D eigenvalue weighted by Gasteiger charge is 2.23. The van der Waals surface area contributed by atoms with Crippen LogP contribution in [0.2, 0.25) is 0 Å². The number of rotatable bonds is 6. The Morgan fingerprint density at radius 1 is 1.00 bits per heavy atom. The van der Waals surface area contributed by atoms with Gasteiger partial charge in [0.05, 0.1) is 18.1 Å². The van der Waals surface area contributed by atoms with Crippen LogP contribution in [0, 0.1) is 17.0 Å². The lowest BCUT2D eigenvalue weighted by Crippen LogP contribution is -2.14. The van der Waals surface area contributed by atoms with Gasteiger partial charge in [0.2, 0.25) is 0 Å². The molecule has 0 amide bonds. The predicted octanol–water partition coefficient (Wildman–Crippen LogP) is 5.59. The van der Waals surface area contributed by atoms with Crippen molar-refractivity contribution in [1.29, 1.82) is 0 Å². The van der Waals surface area contributed by atoms with Crippen LogP contribution < -0.4 is 10.1 Å². The molecule has 29 heavy (non-hydrogen) atoms. The molecule has 0 aliphatic carbocycles. The van der Waals surface area contributed by atoms with Gasteiger partial charge in [-0.05, 0) is 31.2 Å². The van der Waals surface area contributed by atoms with Crippen molar-refractivity contribution >= 4 is 22.3 Å². The average molecular weight is 387 g/mol. The molecule has 0 saturated heterocycles. The van der Waals surface area contributed by atoms with Gasteiger partial charge >= 0.3 is 0 Å². The summed E-state index contributed by atoms with van der Waals surface area (Å²) in [6.07, 6.45) is 0. The number of nitro groups is 1. The molecular weight excluding hydrogens is 366 g/mol. The van der Waals surface area contributed by atoms with E-state index in [2.05, 4.69) is 29.4 Å². The molecule has 1 atom stereocenters. The number of hydrogen-bond donors (Lipinski definition) is 2. The molecule has 3 aromatic carbocycles. The zero-order chi connectivity index (χ0) is 20.4. The summed E-state index contributed by atoms with van der Waals surface area (Å²) in [6, 6.07) is 22.3. The summed E-state index contributed by atoms with van der Waals surface area (Å²) >= 11 is 0. The molecule has 0 bridgehead atoms. The molecule has 6 heteroatoms. The highest BCUT2D eigenvalue weighted by molar-refractivity contribution is 5.86. The van der Waals surface area contributed by atoms with E-state index >= 15 is 0 Å². The van der Waals surface area contributed by atoms with Gasteiger partial charge in [-0.3, -0.25) is 10.1 Å². The number of hydrogen-bond acceptors (Lipinski definition) is 4. The van der Waals surface area contributed by atoms with Crippen LogP contribution in [-0.4, -0.2) is 17.0 Å². The van der Waals surface area contributed by atoms with E-state index in [1.807, 2.05) is 36.4 Å². The topological polar surface area (TPSA) is 80.2 Å². The molecule has 146 valence electrons. The monoisotopic (exact) mass is 387 g/mol. The summed E-state index contributed by atoms with van der Waals surface area (Å²) < 4.78 is 5.63. The van der Waals surface area contributed by atoms with Gasteiger partial charge in [0.25, 0.3) is 5.69 Å². The van der Waals surface area contributed by atoms with Crippen LogP contribution in [0.1, 0.15) is 22.9 Å². The van der Waals surface area contributed by atoms with Crippen molar-refractivity contribution in [3.05, 3.63) is 99.7 Å². The van der Waals surface area contributed by atoms with E-state index in [4.69, 9.17) is 4.74 Å². The first-order chi connectivity index (χ1) is 14.1. The lowest BCUT2D eigenvalue weighted by Gasteiger charge is -2.23. The molecule has 0 aliphatic rings. The first-order valence-corrected chi connectivity index (χ1v) is 9.29. The van der Waals surface area contributed by atoms with Crippen LogP contribution >= 0.6 is 0 Å². The number of benzene rings is 3. The molecule has 0 spiro atoms. The number of aryl methyl sites for hydroxylation is 1. The molecule has 4 rings (SSSR count). The fourth-order valence-corrected chi connectivity index (χ4v) is 3.73. The zero-order valence-corrected chi connectivity index (χ0v) is 16.2. The normalized spacial score (nSPS) is 11.9. The number of H-pyrrole nitrogens is 1. The van der Waals surface area contributed by atoms with Crippen LogP contribution in [0.25, 0.3) is 10.9 Å². The number of aromatic nitrogens is 1. The van der Waals surface area contributed by atoms with Gasteiger partial charge in [-0.25, -0.2) is 0 Å². The first kappa shape index (κ1) is 18.6. The van der Waals surface area contributed by atoms with Gasteiger partial charge in [-0.1, -0.05) is 36.4 Å². The van der Waals surface area contributed by atoms with Crippen LogP contribution in [0.5, 0.6) is 5.75 Å². The Balaban J connectivity index is 1.85. The minimum Gasteiger partial charge on any atom is -0.496 e. The smallest absolute Gasteiger partial charge is 0.269 e. The lowest BCUT2D eigenvalue weighted by molar-refractivity contribution is -0.384. The second-order valence-corrected chi connectivity index (χ2v) is 6.83. The summed E-state index contributed by atoms with van der Waals surface area (Å²) in [5.41, 5.74) is 5.07. The number of aromatic amines is 1. The highest BCUT2D eigenvalue weighted by Crippen LogP contribution is 2.38. The van der Waals surface area contributed by atoms with Gasteiger partial charge in [-0.15, -0.1) is 0 Å². The second-order valence-electron chi connectivity index (χ2n) is 6.83. The number of nitrogens with zero attached hydrogens (tertiary/aromatic N) is 1. The maximum atomic E-state index is 11.0. The maximum absolute atomic E-state index is 11.0. The molecule has 6 nitrogen and oxygen atoms in total. The van der Waals surface area contributed by atoms with Crippen molar-refractivity contribution in [1.82, 2.24) is 4.98 Å². The van der Waals surface area contributed by atoms with Crippen molar-refractivity contribution in [2.45, 2.75) is 13.0 Å². The Morgan fingerprint density at radius 2 is 1.69 bits per heavy atom. The number of non-ortho nitro benzene ring substituents is 1. The number of fused-ring (bicyclic) bond motifs is 1. The third kappa shape index (κ3) is 3.52. The highest BCUT2D eigenvalue weighted by atomic mass is 16.6. The van der Waals surface area contributed by atoms with Gasteiger partial charge in [0, 0.05) is 45.5 Å². The van der Waals surface area contributed by atoms with E-state index in [0.29, 0.717) is 0 Å². The average Bonchev–Trinajstić information content (AvgIpc) is 3.08. The van der Waals surface area contributed by atoms with Crippen molar-refractivity contribution in [2.24, 2.45) is 0 Å². The molecular formula is C23H21N3O3. The number of para-hydroxylation sites is 2. The number of anilines is 1. The third-order valence-corrected chi connectivity index (χ3v) is 5.07. The molecule has 1 heterocycles. The van der Waals surface area contributed by atoms with Crippen LogP contribution in [0.15, 0.2) is 72.8 Å². The van der Waals surface area contributed by atoms with Crippen LogP contribution in [-0.2, 0) is 0 Å². The first-order valence-electron chi connectivity index (χ1n) is 9.29. The Kier molecular flexibility index (Phi) is 4.91. The molecule has 0 saturated carbocycles. The fraction of sp³-hybridized carbons (Fsp3) is 0.130. The summed E-state index contributed by atoms with van der Waals surface area (Å²) in [5.74, 6) is 0.775. The SMILES string of the molecule is COc1ccccc1[C@H](Nc1ccc([N+](=O)[O-])cc1)c1c(C)[nH]c2ccccc12. The summed E-state index contributed by atoms with van der Waals surface area (Å²) in [7, 11) is 1.66. The standard InChI is InChI=1S/C23H21N3O3/c1-15-22(18-7-3-5-9-20(18)24-15)23(19-8-4-6-10-21(19)29-2)25-16-11-13-17(14-12-16)26(27)28/h3-14,23-25H,1-2H3/t23-/m0/s1. The van der Waals surface area contributed by atoms with E-state index in [9.17, 15) is 10.1 Å². The van der Waals surface area contributed by atoms with Crippen LogP contribution in [0.4, 0.5) is 11.4 Å².